The Hall–Kier alpha value is -1.79. The maximum Gasteiger partial charge on any atom is 0.244 e. The summed E-state index contributed by atoms with van der Waals surface area (Å²) in [5.41, 5.74) is 4.63. The van der Waals surface area contributed by atoms with Gasteiger partial charge >= 0.3 is 0 Å². The zero-order chi connectivity index (χ0) is 16.5. The molecule has 4 heterocycles. The van der Waals surface area contributed by atoms with Gasteiger partial charge in [0.05, 0.1) is 6.04 Å². The van der Waals surface area contributed by atoms with Crippen LogP contribution in [0.2, 0.25) is 0 Å². The van der Waals surface area contributed by atoms with E-state index in [0.717, 1.165) is 56.2 Å². The lowest BCUT2D eigenvalue weighted by atomic mass is 9.95. The highest BCUT2D eigenvalue weighted by molar-refractivity contribution is 5.64. The number of nitrogens with zero attached hydrogens (tertiary/aromatic N) is 4. The van der Waals surface area contributed by atoms with Gasteiger partial charge in [0.15, 0.2) is 0 Å². The topological polar surface area (TPSA) is 67.1 Å². The zero-order valence-corrected chi connectivity index (χ0v) is 14.5. The number of pyridine rings is 1. The number of aromatic nitrogens is 3. The molecule has 0 amide bonds. The van der Waals surface area contributed by atoms with Gasteiger partial charge in [-0.1, -0.05) is 12.1 Å². The van der Waals surface area contributed by atoms with Crippen LogP contribution in [0, 0.1) is 6.92 Å². The van der Waals surface area contributed by atoms with Gasteiger partial charge in [-0.05, 0) is 63.4 Å². The van der Waals surface area contributed by atoms with E-state index in [2.05, 4.69) is 27.3 Å². The van der Waals surface area contributed by atoms with Gasteiger partial charge in [-0.25, -0.2) is 0 Å². The fourth-order valence-corrected chi connectivity index (χ4v) is 3.98. The van der Waals surface area contributed by atoms with E-state index in [9.17, 15) is 0 Å². The molecule has 0 aliphatic carbocycles. The second kappa shape index (κ2) is 6.61. The van der Waals surface area contributed by atoms with Crippen molar-refractivity contribution in [1.29, 1.82) is 0 Å². The quantitative estimate of drug-likeness (QED) is 0.931. The summed E-state index contributed by atoms with van der Waals surface area (Å²) < 4.78 is 5.68. The summed E-state index contributed by atoms with van der Waals surface area (Å²) >= 11 is 0. The lowest BCUT2D eigenvalue weighted by molar-refractivity contribution is 0.189. The van der Waals surface area contributed by atoms with Gasteiger partial charge in [0.1, 0.15) is 0 Å². The molecule has 2 aliphatic rings. The molecule has 4 rings (SSSR count). The van der Waals surface area contributed by atoms with E-state index in [4.69, 9.17) is 9.51 Å². The van der Waals surface area contributed by atoms with Crippen molar-refractivity contribution in [2.45, 2.75) is 52.1 Å². The molecule has 0 saturated carbocycles. The fourth-order valence-electron chi connectivity index (χ4n) is 3.98. The van der Waals surface area contributed by atoms with E-state index in [1.807, 2.05) is 13.1 Å². The van der Waals surface area contributed by atoms with Crippen LogP contribution >= 0.6 is 0 Å². The molecule has 128 valence electrons. The second-order valence-electron chi connectivity index (χ2n) is 6.77. The van der Waals surface area contributed by atoms with Gasteiger partial charge in [0, 0.05) is 24.0 Å². The Morgan fingerprint density at radius 1 is 1.33 bits per heavy atom. The maximum atomic E-state index is 5.68. The molecular formula is C18H25N5O. The number of rotatable bonds is 4. The van der Waals surface area contributed by atoms with Gasteiger partial charge in [0.2, 0.25) is 11.7 Å². The maximum absolute atomic E-state index is 5.68. The van der Waals surface area contributed by atoms with Crippen molar-refractivity contribution in [3.63, 3.8) is 0 Å². The average Bonchev–Trinajstić information content (AvgIpc) is 3.28. The summed E-state index contributed by atoms with van der Waals surface area (Å²) in [6.45, 7) is 8.33. The highest BCUT2D eigenvalue weighted by atomic mass is 16.5. The summed E-state index contributed by atoms with van der Waals surface area (Å²) in [6.07, 6.45) is 6.48. The van der Waals surface area contributed by atoms with E-state index < -0.39 is 0 Å². The van der Waals surface area contributed by atoms with Gasteiger partial charge in [0.25, 0.3) is 0 Å². The average molecular weight is 327 g/mol. The molecule has 0 radical (unpaired) electrons. The van der Waals surface area contributed by atoms with Gasteiger partial charge in [-0.2, -0.15) is 4.98 Å². The fraction of sp³-hybridized carbons (Fsp3) is 0.611. The Balaban J connectivity index is 1.70. The summed E-state index contributed by atoms with van der Waals surface area (Å²) in [4.78, 5) is 11.8. The van der Waals surface area contributed by atoms with E-state index in [-0.39, 0.29) is 6.04 Å². The number of nitrogens with one attached hydrogen (secondary N) is 1. The monoisotopic (exact) mass is 327 g/mol. The predicted molar refractivity (Wildman–Crippen MR) is 91.5 cm³/mol. The minimum Gasteiger partial charge on any atom is -0.337 e. The van der Waals surface area contributed by atoms with Crippen LogP contribution in [0.1, 0.15) is 54.9 Å². The van der Waals surface area contributed by atoms with Crippen molar-refractivity contribution in [3.8, 4) is 11.4 Å². The highest BCUT2D eigenvalue weighted by Crippen LogP contribution is 2.32. The van der Waals surface area contributed by atoms with Crippen LogP contribution in [0.4, 0.5) is 0 Å². The van der Waals surface area contributed by atoms with Crippen molar-refractivity contribution >= 4 is 0 Å². The summed E-state index contributed by atoms with van der Waals surface area (Å²) in [6, 6.07) is 0.239. The first-order valence-electron chi connectivity index (χ1n) is 9.04. The molecule has 1 saturated heterocycles. The number of fused-ring (bicyclic) bond motifs is 1. The Labute approximate surface area is 142 Å². The second-order valence-corrected chi connectivity index (χ2v) is 6.77. The van der Waals surface area contributed by atoms with Crippen molar-refractivity contribution in [3.05, 3.63) is 28.9 Å². The normalized spacial score (nSPS) is 19.4. The summed E-state index contributed by atoms with van der Waals surface area (Å²) in [7, 11) is 0. The Bertz CT molecular complexity index is 720. The van der Waals surface area contributed by atoms with Crippen LogP contribution in [-0.4, -0.2) is 39.7 Å². The Kier molecular flexibility index (Phi) is 4.33. The number of likely N-dealkylation sites (tertiary alicyclic amines) is 1. The molecule has 0 unspecified atom stereocenters. The van der Waals surface area contributed by atoms with Gasteiger partial charge < -0.3 is 9.84 Å². The summed E-state index contributed by atoms with van der Waals surface area (Å²) in [5.74, 6) is 1.45. The largest absolute Gasteiger partial charge is 0.337 e. The summed E-state index contributed by atoms with van der Waals surface area (Å²) in [5, 5.41) is 7.72. The molecule has 0 bridgehead atoms. The van der Waals surface area contributed by atoms with Crippen LogP contribution in [0.15, 0.2) is 10.7 Å². The molecule has 1 atom stereocenters. The van der Waals surface area contributed by atoms with Gasteiger partial charge in [-0.3, -0.25) is 9.88 Å². The third kappa shape index (κ3) is 2.74. The van der Waals surface area contributed by atoms with Crippen LogP contribution in [0.3, 0.4) is 0 Å². The number of hydrogen-bond donors (Lipinski definition) is 1. The minimum atomic E-state index is 0.239. The van der Waals surface area contributed by atoms with E-state index >= 15 is 0 Å². The third-order valence-corrected chi connectivity index (χ3v) is 5.25. The van der Waals surface area contributed by atoms with Crippen LogP contribution in [0.25, 0.3) is 11.4 Å². The molecular weight excluding hydrogens is 302 g/mol. The zero-order valence-electron chi connectivity index (χ0n) is 14.5. The smallest absolute Gasteiger partial charge is 0.244 e. The van der Waals surface area contributed by atoms with Crippen LogP contribution in [0.5, 0.6) is 0 Å². The van der Waals surface area contributed by atoms with Crippen molar-refractivity contribution in [1.82, 2.24) is 25.3 Å². The van der Waals surface area contributed by atoms with Crippen LogP contribution < -0.4 is 5.32 Å². The molecule has 1 fully saturated rings. The molecule has 1 N–H and O–H groups in total. The first-order valence-corrected chi connectivity index (χ1v) is 9.04. The van der Waals surface area contributed by atoms with Gasteiger partial charge in [-0.15, -0.1) is 0 Å². The van der Waals surface area contributed by atoms with Crippen molar-refractivity contribution < 1.29 is 4.52 Å². The minimum absolute atomic E-state index is 0.239. The lowest BCUT2D eigenvalue weighted by Crippen LogP contribution is -2.25. The molecule has 6 nitrogen and oxygen atoms in total. The Morgan fingerprint density at radius 2 is 2.17 bits per heavy atom. The van der Waals surface area contributed by atoms with Crippen LogP contribution in [-0.2, 0) is 13.0 Å². The number of aryl methyl sites for hydroxylation is 1. The van der Waals surface area contributed by atoms with Crippen molar-refractivity contribution in [2.75, 3.05) is 19.6 Å². The first-order chi connectivity index (χ1) is 11.8. The molecule has 6 heteroatoms. The standard InChI is InChI=1S/C18H25N5O/c1-3-15(23-8-4-5-9-23)18-21-17(22-24-18)16-12(2)20-11-13-10-19-7-6-14(13)16/h11,15,19H,3-10H2,1-2H3/t15-/m1/s1. The molecule has 0 aromatic carbocycles. The molecule has 2 aromatic rings. The number of hydrogen-bond acceptors (Lipinski definition) is 6. The van der Waals surface area contributed by atoms with E-state index in [1.165, 1.54) is 24.0 Å². The lowest BCUT2D eigenvalue weighted by Gasteiger charge is -2.22. The Morgan fingerprint density at radius 3 is 2.96 bits per heavy atom. The van der Waals surface area contributed by atoms with E-state index in [1.54, 1.807) is 0 Å². The first kappa shape index (κ1) is 15.7. The molecule has 0 spiro atoms. The highest BCUT2D eigenvalue weighted by Gasteiger charge is 2.28. The molecule has 24 heavy (non-hydrogen) atoms. The molecule has 2 aliphatic heterocycles. The van der Waals surface area contributed by atoms with Crippen molar-refractivity contribution in [2.24, 2.45) is 0 Å². The van der Waals surface area contributed by atoms with E-state index in [0.29, 0.717) is 5.82 Å². The predicted octanol–water partition coefficient (Wildman–Crippen LogP) is 2.63. The SMILES string of the molecule is CC[C@H](c1nc(-c2c(C)ncc3c2CCNC3)no1)N1CCCC1. The third-order valence-electron chi connectivity index (χ3n) is 5.25. The molecule has 2 aromatic heterocycles.